The second-order valence-electron chi connectivity index (χ2n) is 5.38. The fraction of sp³-hybridized carbons (Fsp3) is 0.533. The van der Waals surface area contributed by atoms with Gasteiger partial charge in [-0.2, -0.15) is 0 Å². The van der Waals surface area contributed by atoms with Crippen molar-refractivity contribution >= 4 is 11.6 Å². The van der Waals surface area contributed by atoms with Crippen molar-refractivity contribution in [2.45, 2.75) is 38.3 Å². The highest BCUT2D eigenvalue weighted by atomic mass is 16.5. The van der Waals surface area contributed by atoms with E-state index >= 15 is 0 Å². The molecule has 1 aromatic rings. The van der Waals surface area contributed by atoms with E-state index in [4.69, 9.17) is 16.2 Å². The minimum atomic E-state index is -0.292. The number of hydrogen-bond donors (Lipinski definition) is 2. The second-order valence-corrected chi connectivity index (χ2v) is 5.38. The molecule has 0 heterocycles. The van der Waals surface area contributed by atoms with Gasteiger partial charge in [-0.25, -0.2) is 0 Å². The van der Waals surface area contributed by atoms with E-state index in [0.29, 0.717) is 18.3 Å². The van der Waals surface area contributed by atoms with Crippen LogP contribution in [-0.4, -0.2) is 30.5 Å². The molecule has 0 spiro atoms. The monoisotopic (exact) mass is 277 g/mol. The number of ether oxygens (including phenoxy) is 1. The molecule has 1 saturated carbocycles. The topological polar surface area (TPSA) is 81.6 Å². The zero-order valence-corrected chi connectivity index (χ0v) is 12.0. The smallest absolute Gasteiger partial charge is 0.231 e. The number of amides is 1. The molecule has 0 atom stereocenters. The van der Waals surface area contributed by atoms with Gasteiger partial charge in [-0.15, -0.1) is 0 Å². The van der Waals surface area contributed by atoms with Crippen molar-refractivity contribution in [3.63, 3.8) is 0 Å². The van der Waals surface area contributed by atoms with Gasteiger partial charge in [-0.3, -0.25) is 9.69 Å². The van der Waals surface area contributed by atoms with E-state index in [0.717, 1.165) is 24.2 Å². The second kappa shape index (κ2) is 6.61. The van der Waals surface area contributed by atoms with Crippen LogP contribution in [0.1, 0.15) is 31.2 Å². The number of nitrogens with two attached hydrogens (primary N) is 2. The van der Waals surface area contributed by atoms with Gasteiger partial charge in [0.25, 0.3) is 0 Å². The van der Waals surface area contributed by atoms with Crippen LogP contribution in [0.4, 0.5) is 5.69 Å². The molecule has 2 rings (SSSR count). The Morgan fingerprint density at radius 2 is 2.10 bits per heavy atom. The third kappa shape index (κ3) is 3.63. The number of hydrogen-bond acceptors (Lipinski definition) is 4. The van der Waals surface area contributed by atoms with Gasteiger partial charge in [0.1, 0.15) is 5.75 Å². The lowest BCUT2D eigenvalue weighted by Gasteiger charge is -2.28. The molecule has 0 saturated heterocycles. The first kappa shape index (κ1) is 14.7. The summed E-state index contributed by atoms with van der Waals surface area (Å²) in [5.74, 6) is 0.506. The van der Waals surface area contributed by atoms with E-state index in [2.05, 4.69) is 4.90 Å². The molecule has 1 aliphatic rings. The predicted molar refractivity (Wildman–Crippen MR) is 79.3 cm³/mol. The normalized spacial score (nSPS) is 15.7. The van der Waals surface area contributed by atoms with E-state index in [9.17, 15) is 4.79 Å². The third-order valence-corrected chi connectivity index (χ3v) is 3.88. The summed E-state index contributed by atoms with van der Waals surface area (Å²) in [5.41, 5.74) is 12.9. The summed E-state index contributed by atoms with van der Waals surface area (Å²) in [5, 5.41) is 0. The largest absolute Gasteiger partial charge is 0.496 e. The molecular weight excluding hydrogens is 254 g/mol. The number of carbonyl (C=O) groups is 1. The van der Waals surface area contributed by atoms with E-state index in [1.54, 1.807) is 7.11 Å². The minimum Gasteiger partial charge on any atom is -0.496 e. The Labute approximate surface area is 119 Å². The van der Waals surface area contributed by atoms with Crippen LogP contribution in [0, 0.1) is 0 Å². The summed E-state index contributed by atoms with van der Waals surface area (Å²) in [7, 11) is 1.64. The van der Waals surface area contributed by atoms with Gasteiger partial charge in [-0.1, -0.05) is 12.8 Å². The van der Waals surface area contributed by atoms with Crippen molar-refractivity contribution in [2.24, 2.45) is 5.73 Å². The van der Waals surface area contributed by atoms with Gasteiger partial charge in [-0.05, 0) is 31.0 Å². The molecule has 0 radical (unpaired) electrons. The Bertz CT molecular complexity index is 470. The molecular formula is C15H23N3O2. The highest BCUT2D eigenvalue weighted by molar-refractivity contribution is 5.76. The summed E-state index contributed by atoms with van der Waals surface area (Å²) in [6, 6.07) is 6.01. The van der Waals surface area contributed by atoms with E-state index < -0.39 is 0 Å². The SMILES string of the molecule is COc1ccc(N)cc1CN(CC(N)=O)C1CCCC1. The molecule has 0 bridgehead atoms. The van der Waals surface area contributed by atoms with Crippen LogP contribution in [0.2, 0.25) is 0 Å². The number of nitrogen functional groups attached to an aromatic ring is 1. The molecule has 1 aliphatic carbocycles. The summed E-state index contributed by atoms with van der Waals surface area (Å²) < 4.78 is 5.37. The fourth-order valence-electron chi connectivity index (χ4n) is 2.92. The first-order valence-corrected chi connectivity index (χ1v) is 7.05. The van der Waals surface area contributed by atoms with Crippen LogP contribution in [0.3, 0.4) is 0 Å². The molecule has 1 fully saturated rings. The van der Waals surface area contributed by atoms with Crippen LogP contribution in [-0.2, 0) is 11.3 Å². The molecule has 0 unspecified atom stereocenters. The van der Waals surface area contributed by atoms with Crippen LogP contribution in [0.25, 0.3) is 0 Å². The van der Waals surface area contributed by atoms with Crippen molar-refractivity contribution in [3.8, 4) is 5.75 Å². The van der Waals surface area contributed by atoms with Crippen LogP contribution >= 0.6 is 0 Å². The van der Waals surface area contributed by atoms with Gasteiger partial charge in [0.05, 0.1) is 13.7 Å². The summed E-state index contributed by atoms with van der Waals surface area (Å²) >= 11 is 0. The molecule has 5 nitrogen and oxygen atoms in total. The zero-order valence-electron chi connectivity index (χ0n) is 12.0. The molecule has 1 aromatic carbocycles. The summed E-state index contributed by atoms with van der Waals surface area (Å²) in [6.45, 7) is 0.921. The van der Waals surface area contributed by atoms with E-state index in [1.807, 2.05) is 18.2 Å². The molecule has 110 valence electrons. The lowest BCUT2D eigenvalue weighted by atomic mass is 10.1. The van der Waals surface area contributed by atoms with Gasteiger partial charge in [0.15, 0.2) is 0 Å². The van der Waals surface area contributed by atoms with E-state index in [-0.39, 0.29) is 12.5 Å². The van der Waals surface area contributed by atoms with E-state index in [1.165, 1.54) is 12.8 Å². The lowest BCUT2D eigenvalue weighted by molar-refractivity contribution is -0.119. The lowest BCUT2D eigenvalue weighted by Crippen LogP contribution is -2.39. The summed E-state index contributed by atoms with van der Waals surface area (Å²) in [4.78, 5) is 13.4. The van der Waals surface area contributed by atoms with Crippen LogP contribution < -0.4 is 16.2 Å². The third-order valence-electron chi connectivity index (χ3n) is 3.88. The standard InChI is InChI=1S/C15H23N3O2/c1-20-14-7-6-12(16)8-11(14)9-18(10-15(17)19)13-4-2-3-5-13/h6-8,13H,2-5,9-10,16H2,1H3,(H2,17,19). The van der Waals surface area contributed by atoms with Gasteiger partial charge in [0, 0.05) is 23.8 Å². The molecule has 20 heavy (non-hydrogen) atoms. The fourth-order valence-corrected chi connectivity index (χ4v) is 2.92. The van der Waals surface area contributed by atoms with Crippen molar-refractivity contribution in [1.82, 2.24) is 4.90 Å². The van der Waals surface area contributed by atoms with Gasteiger partial charge >= 0.3 is 0 Å². The number of rotatable bonds is 6. The van der Waals surface area contributed by atoms with Crippen molar-refractivity contribution in [2.75, 3.05) is 19.4 Å². The predicted octanol–water partition coefficient (Wildman–Crippen LogP) is 1.51. The Morgan fingerprint density at radius 3 is 2.70 bits per heavy atom. The highest BCUT2D eigenvalue weighted by Crippen LogP contribution is 2.28. The number of carbonyl (C=O) groups excluding carboxylic acids is 1. The van der Waals surface area contributed by atoms with Gasteiger partial charge in [0.2, 0.25) is 5.91 Å². The zero-order chi connectivity index (χ0) is 14.5. The van der Waals surface area contributed by atoms with Crippen molar-refractivity contribution in [1.29, 1.82) is 0 Å². The first-order valence-electron chi connectivity index (χ1n) is 7.05. The Kier molecular flexibility index (Phi) is 4.84. The molecule has 1 amide bonds. The number of nitrogens with zero attached hydrogens (tertiary/aromatic N) is 1. The number of anilines is 1. The quantitative estimate of drug-likeness (QED) is 0.772. The van der Waals surface area contributed by atoms with Crippen molar-refractivity contribution < 1.29 is 9.53 Å². The maximum Gasteiger partial charge on any atom is 0.231 e. The average Bonchev–Trinajstić information content (AvgIpc) is 2.91. The van der Waals surface area contributed by atoms with Crippen LogP contribution in [0.15, 0.2) is 18.2 Å². The molecule has 0 aromatic heterocycles. The van der Waals surface area contributed by atoms with Gasteiger partial charge < -0.3 is 16.2 Å². The molecule has 0 aliphatic heterocycles. The first-order chi connectivity index (χ1) is 9.60. The number of primary amides is 1. The Morgan fingerprint density at radius 1 is 1.40 bits per heavy atom. The maximum absolute atomic E-state index is 11.3. The summed E-state index contributed by atoms with van der Waals surface area (Å²) in [6.07, 6.45) is 4.68. The molecule has 4 N–H and O–H groups in total. The maximum atomic E-state index is 11.3. The highest BCUT2D eigenvalue weighted by Gasteiger charge is 2.24. The average molecular weight is 277 g/mol. The number of methoxy groups -OCH3 is 1. The van der Waals surface area contributed by atoms with Crippen molar-refractivity contribution in [3.05, 3.63) is 23.8 Å². The Hall–Kier alpha value is -1.75. The van der Waals surface area contributed by atoms with Crippen LogP contribution in [0.5, 0.6) is 5.75 Å². The molecule has 5 heteroatoms. The minimum absolute atomic E-state index is 0.280. The Balaban J connectivity index is 2.17. The number of benzene rings is 1.